The van der Waals surface area contributed by atoms with E-state index in [0.717, 1.165) is 44.9 Å². The van der Waals surface area contributed by atoms with Crippen molar-refractivity contribution in [2.45, 2.75) is 63.6 Å². The van der Waals surface area contributed by atoms with E-state index in [-0.39, 0.29) is 6.61 Å². The number of hydrogen-bond acceptors (Lipinski definition) is 5. The lowest BCUT2D eigenvalue weighted by molar-refractivity contribution is -0.575. The third-order valence-corrected chi connectivity index (χ3v) is 8.64. The van der Waals surface area contributed by atoms with Crippen LogP contribution in [0.25, 0.3) is 21.5 Å². The second-order valence-corrected chi connectivity index (χ2v) is 12.3. The molecule has 5 aromatic rings. The number of amides is 1. The Kier molecular flexibility index (Phi) is 13.4. The molecule has 0 bridgehead atoms. The molecule has 5 rings (SSSR count). The van der Waals surface area contributed by atoms with Gasteiger partial charge in [-0.05, 0) is 71.2 Å². The number of carbonyl (C=O) groups is 3. The summed E-state index contributed by atoms with van der Waals surface area (Å²) in [4.78, 5) is 38.3. The van der Waals surface area contributed by atoms with Crippen molar-refractivity contribution in [3.63, 3.8) is 0 Å². The Morgan fingerprint density at radius 1 is 0.612 bits per heavy atom. The van der Waals surface area contributed by atoms with Gasteiger partial charge in [-0.15, -0.1) is 4.57 Å². The van der Waals surface area contributed by atoms with Gasteiger partial charge in [0.15, 0.2) is 31.2 Å². The Morgan fingerprint density at radius 2 is 1.18 bits per heavy atom. The van der Waals surface area contributed by atoms with Gasteiger partial charge in [-0.2, -0.15) is 0 Å². The topological polar surface area (TPSA) is 106 Å². The number of carboxylic acid groups (broad SMARTS) is 1. The van der Waals surface area contributed by atoms with Crippen LogP contribution in [0.4, 0.5) is 0 Å². The lowest BCUT2D eigenvalue weighted by Gasteiger charge is -2.23. The van der Waals surface area contributed by atoms with Crippen molar-refractivity contribution in [3.8, 4) is 0 Å². The summed E-state index contributed by atoms with van der Waals surface area (Å²) >= 11 is 0. The molecule has 0 radical (unpaired) electrons. The lowest BCUT2D eigenvalue weighted by Crippen LogP contribution is -2.51. The minimum absolute atomic E-state index is 0.191. The molecule has 0 aliphatic heterocycles. The molecule has 0 fully saturated rings. The summed E-state index contributed by atoms with van der Waals surface area (Å²) in [5, 5.41) is 17.8. The standard InChI is InChI=1S/C41H44N2O6/c44-37(43-25-11-3-12-26-43)30-49-39(41(46)47)38(48-27-13-2-5-15-32-21-23-34-17-7-9-19-36(34)29-32)40(45)42-24-10-1-4-14-31-20-22-33-16-6-8-18-35(33)28-31/h3,6-9,11-12,16-23,25-26,28-29,38-39H,1-2,4-5,10,13-15,24,27,30H2,(H-,42,45,46,47)/p+1. The predicted octanol–water partition coefficient (Wildman–Crippen LogP) is 6.72. The Hall–Kier alpha value is -4.92. The highest BCUT2D eigenvalue weighted by Gasteiger charge is 2.37. The minimum Gasteiger partial charge on any atom is -0.479 e. The number of aromatic nitrogens is 1. The van der Waals surface area contributed by atoms with E-state index in [4.69, 9.17) is 9.47 Å². The van der Waals surface area contributed by atoms with Crippen LogP contribution < -0.4 is 9.88 Å². The molecule has 0 saturated heterocycles. The molecule has 49 heavy (non-hydrogen) atoms. The second kappa shape index (κ2) is 18.6. The number of carbonyl (C=O) groups excluding carboxylic acids is 2. The van der Waals surface area contributed by atoms with Crippen LogP contribution in [0.5, 0.6) is 0 Å². The van der Waals surface area contributed by atoms with Crippen LogP contribution in [0.1, 0.15) is 54.4 Å². The molecule has 2 N–H and O–H groups in total. The fourth-order valence-corrected chi connectivity index (χ4v) is 5.94. The average Bonchev–Trinajstić information content (AvgIpc) is 3.13. The monoisotopic (exact) mass is 661 g/mol. The molecule has 8 heteroatoms. The summed E-state index contributed by atoms with van der Waals surface area (Å²) in [5.74, 6) is -2.37. The molecule has 0 aliphatic rings. The van der Waals surface area contributed by atoms with Gasteiger partial charge in [0.05, 0.1) is 0 Å². The summed E-state index contributed by atoms with van der Waals surface area (Å²) < 4.78 is 12.8. The Labute approximate surface area is 287 Å². The van der Waals surface area contributed by atoms with Crippen LogP contribution in [0.15, 0.2) is 116 Å². The van der Waals surface area contributed by atoms with E-state index in [0.29, 0.717) is 13.0 Å². The molecule has 4 aromatic carbocycles. The van der Waals surface area contributed by atoms with E-state index in [1.165, 1.54) is 37.2 Å². The Bertz CT molecular complexity index is 1830. The summed E-state index contributed by atoms with van der Waals surface area (Å²) in [6.45, 7) is 0.0582. The number of rotatable bonds is 19. The molecule has 8 nitrogen and oxygen atoms in total. The van der Waals surface area contributed by atoms with E-state index in [1.54, 1.807) is 30.6 Å². The molecule has 1 amide bonds. The smallest absolute Gasteiger partial charge is 0.417 e. The first-order valence-electron chi connectivity index (χ1n) is 17.2. The highest BCUT2D eigenvalue weighted by atomic mass is 16.6. The number of aliphatic carboxylic acids is 1. The maximum Gasteiger partial charge on any atom is 0.417 e. The van der Waals surface area contributed by atoms with E-state index >= 15 is 0 Å². The van der Waals surface area contributed by atoms with Gasteiger partial charge in [0.2, 0.25) is 0 Å². The summed E-state index contributed by atoms with van der Waals surface area (Å²) in [6, 6.07) is 34.7. The predicted molar refractivity (Wildman–Crippen MR) is 190 cm³/mol. The molecule has 0 aliphatic carbocycles. The molecule has 2 unspecified atom stereocenters. The first kappa shape index (κ1) is 35.4. The van der Waals surface area contributed by atoms with Gasteiger partial charge in [-0.25, -0.2) is 9.59 Å². The summed E-state index contributed by atoms with van der Waals surface area (Å²) in [5.41, 5.74) is 2.53. The fraction of sp³-hybridized carbons (Fsp3) is 0.317. The number of benzene rings is 4. The number of ether oxygens (including phenoxy) is 2. The van der Waals surface area contributed by atoms with E-state index < -0.39 is 36.6 Å². The first-order valence-corrected chi connectivity index (χ1v) is 17.2. The molecule has 0 spiro atoms. The number of hydrogen-bond donors (Lipinski definition) is 2. The molecule has 2 atom stereocenters. The highest BCUT2D eigenvalue weighted by Crippen LogP contribution is 2.19. The van der Waals surface area contributed by atoms with E-state index in [2.05, 4.69) is 66.0 Å². The zero-order valence-corrected chi connectivity index (χ0v) is 27.8. The number of aryl methyl sites for hydroxylation is 2. The van der Waals surface area contributed by atoms with Crippen LogP contribution in [0.2, 0.25) is 0 Å². The van der Waals surface area contributed by atoms with Crippen molar-refractivity contribution < 1.29 is 33.5 Å². The van der Waals surface area contributed by atoms with Gasteiger partial charge in [-0.1, -0.05) is 104 Å². The quantitative estimate of drug-likeness (QED) is 0.0752. The molecule has 254 valence electrons. The third-order valence-electron chi connectivity index (χ3n) is 8.64. The molecule has 1 aromatic heterocycles. The van der Waals surface area contributed by atoms with Crippen LogP contribution in [0, 0.1) is 0 Å². The maximum absolute atomic E-state index is 13.3. The van der Waals surface area contributed by atoms with E-state index in [1.807, 2.05) is 24.3 Å². The largest absolute Gasteiger partial charge is 0.479 e. The van der Waals surface area contributed by atoms with Gasteiger partial charge < -0.3 is 19.9 Å². The van der Waals surface area contributed by atoms with Crippen LogP contribution >= 0.6 is 0 Å². The van der Waals surface area contributed by atoms with Crippen molar-refractivity contribution in [2.24, 2.45) is 0 Å². The third kappa shape index (κ3) is 10.8. The number of unbranched alkanes of at least 4 members (excludes halogenated alkanes) is 4. The van der Waals surface area contributed by atoms with Gasteiger partial charge in [0.1, 0.15) is 0 Å². The van der Waals surface area contributed by atoms with Crippen molar-refractivity contribution in [1.29, 1.82) is 0 Å². The van der Waals surface area contributed by atoms with Gasteiger partial charge in [-0.3, -0.25) is 4.79 Å². The number of carboxylic acids is 1. The molecular formula is C41H45N2O6+. The maximum atomic E-state index is 13.3. The highest BCUT2D eigenvalue weighted by molar-refractivity contribution is 5.88. The fourth-order valence-electron chi connectivity index (χ4n) is 5.94. The van der Waals surface area contributed by atoms with Crippen molar-refractivity contribution in [2.75, 3.05) is 19.8 Å². The minimum atomic E-state index is -1.64. The molecular weight excluding hydrogens is 616 g/mol. The number of nitrogens with zero attached hydrogens (tertiary/aromatic N) is 1. The lowest BCUT2D eigenvalue weighted by atomic mass is 10.0. The number of fused-ring (bicyclic) bond motifs is 2. The van der Waals surface area contributed by atoms with Crippen LogP contribution in [-0.4, -0.2) is 54.9 Å². The van der Waals surface area contributed by atoms with E-state index in [9.17, 15) is 19.5 Å². The van der Waals surface area contributed by atoms with Crippen LogP contribution in [-0.2, 0) is 31.9 Å². The SMILES string of the molecule is O=C(O)C(OCC(=O)[n+]1ccccc1)C(OCCCCCc1ccc2ccccc2c1)C(=O)NCCCCCc1ccc2ccccc2c1. The molecule has 0 saturated carbocycles. The van der Waals surface area contributed by atoms with Gasteiger partial charge in [0, 0.05) is 25.3 Å². The zero-order valence-electron chi connectivity index (χ0n) is 27.8. The average molecular weight is 662 g/mol. The summed E-state index contributed by atoms with van der Waals surface area (Å²) in [7, 11) is 0. The van der Waals surface area contributed by atoms with Crippen molar-refractivity contribution in [3.05, 3.63) is 127 Å². The van der Waals surface area contributed by atoms with Gasteiger partial charge in [0.25, 0.3) is 5.91 Å². The zero-order chi connectivity index (χ0) is 34.3. The molecule has 1 heterocycles. The first-order chi connectivity index (χ1) is 24.0. The Balaban J connectivity index is 1.10. The van der Waals surface area contributed by atoms with Crippen molar-refractivity contribution in [1.82, 2.24) is 5.32 Å². The number of nitrogens with one attached hydrogen (secondary N) is 1. The van der Waals surface area contributed by atoms with Gasteiger partial charge >= 0.3 is 11.9 Å². The van der Waals surface area contributed by atoms with Crippen LogP contribution in [0.3, 0.4) is 0 Å². The Morgan fingerprint density at radius 3 is 1.78 bits per heavy atom. The second-order valence-electron chi connectivity index (χ2n) is 12.3. The van der Waals surface area contributed by atoms with Crippen molar-refractivity contribution >= 4 is 39.3 Å². The summed E-state index contributed by atoms with van der Waals surface area (Å²) in [6.07, 6.45) is 6.96. The normalized spacial score (nSPS) is 12.5. The number of pyridine rings is 1.